The number of hydrogen-bond donors (Lipinski definition) is 1. The van der Waals surface area contributed by atoms with E-state index in [0.717, 1.165) is 0 Å². The fourth-order valence-electron chi connectivity index (χ4n) is 2.40. The summed E-state index contributed by atoms with van der Waals surface area (Å²) in [4.78, 5) is 15.2. The van der Waals surface area contributed by atoms with Gasteiger partial charge in [0.05, 0.1) is 24.8 Å². The summed E-state index contributed by atoms with van der Waals surface area (Å²) in [5.41, 5.74) is 1.48. The van der Waals surface area contributed by atoms with Gasteiger partial charge < -0.3 is 19.2 Å². The largest absolute Gasteiger partial charge is 0.461 e. The van der Waals surface area contributed by atoms with Crippen molar-refractivity contribution < 1.29 is 19.0 Å². The zero-order valence-corrected chi connectivity index (χ0v) is 12.8. The Labute approximate surface area is 131 Å². The molecular weight excluding hydrogens is 317 g/mol. The first-order valence-electron chi connectivity index (χ1n) is 6.52. The van der Waals surface area contributed by atoms with E-state index in [4.69, 9.17) is 37.4 Å². The fraction of sp³-hybridized carbons (Fsp3) is 0.357. The van der Waals surface area contributed by atoms with E-state index in [-0.39, 0.29) is 12.3 Å². The van der Waals surface area contributed by atoms with Crippen LogP contribution in [-0.2, 0) is 14.2 Å². The number of halogens is 2. The van der Waals surface area contributed by atoms with Crippen molar-refractivity contribution in [2.45, 2.75) is 13.2 Å². The molecule has 2 heterocycles. The van der Waals surface area contributed by atoms with Crippen molar-refractivity contribution in [1.82, 2.24) is 4.98 Å². The first-order valence-corrected chi connectivity index (χ1v) is 7.28. The SMILES string of the molecule is CCOC(=O)c1[nH]c2cc(Cl)cc(Cl)c2c1C1OCCO1. The van der Waals surface area contributed by atoms with Gasteiger partial charge in [-0.15, -0.1) is 0 Å². The summed E-state index contributed by atoms with van der Waals surface area (Å²) in [6, 6.07) is 3.32. The Hall–Kier alpha value is -1.27. The van der Waals surface area contributed by atoms with Crippen LogP contribution >= 0.6 is 23.2 Å². The molecule has 1 saturated heterocycles. The zero-order chi connectivity index (χ0) is 15.0. The van der Waals surface area contributed by atoms with Gasteiger partial charge >= 0.3 is 5.97 Å². The van der Waals surface area contributed by atoms with Crippen molar-refractivity contribution in [3.8, 4) is 0 Å². The summed E-state index contributed by atoms with van der Waals surface area (Å²) in [6.07, 6.45) is -0.642. The normalized spacial score (nSPS) is 15.8. The highest BCUT2D eigenvalue weighted by Gasteiger charge is 2.30. The number of benzene rings is 1. The predicted molar refractivity (Wildman–Crippen MR) is 78.9 cm³/mol. The zero-order valence-electron chi connectivity index (χ0n) is 11.2. The average molecular weight is 330 g/mol. The minimum absolute atomic E-state index is 0.272. The van der Waals surface area contributed by atoms with E-state index in [0.29, 0.717) is 39.7 Å². The molecule has 0 bridgehead atoms. The van der Waals surface area contributed by atoms with Gasteiger partial charge in [-0.3, -0.25) is 0 Å². The number of esters is 1. The number of nitrogens with one attached hydrogen (secondary N) is 1. The molecule has 0 amide bonds. The van der Waals surface area contributed by atoms with Gasteiger partial charge in [0, 0.05) is 21.5 Å². The molecule has 1 aliphatic heterocycles. The highest BCUT2D eigenvalue weighted by Crippen LogP contribution is 2.38. The van der Waals surface area contributed by atoms with Crippen LogP contribution in [0.4, 0.5) is 0 Å². The summed E-state index contributed by atoms with van der Waals surface area (Å²) < 4.78 is 16.1. The third-order valence-electron chi connectivity index (χ3n) is 3.19. The van der Waals surface area contributed by atoms with Crippen LogP contribution in [0.25, 0.3) is 10.9 Å². The number of ether oxygens (including phenoxy) is 3. The Morgan fingerprint density at radius 3 is 2.76 bits per heavy atom. The molecule has 5 nitrogen and oxygen atoms in total. The number of aromatic nitrogens is 1. The monoisotopic (exact) mass is 329 g/mol. The van der Waals surface area contributed by atoms with Crippen LogP contribution in [0.2, 0.25) is 10.0 Å². The van der Waals surface area contributed by atoms with E-state index in [9.17, 15) is 4.79 Å². The summed E-state index contributed by atoms with van der Waals surface area (Å²) in [7, 11) is 0. The maximum absolute atomic E-state index is 12.1. The van der Waals surface area contributed by atoms with Crippen molar-refractivity contribution in [3.05, 3.63) is 33.4 Å². The molecule has 0 unspecified atom stereocenters. The second-order valence-electron chi connectivity index (χ2n) is 4.52. The van der Waals surface area contributed by atoms with E-state index < -0.39 is 12.3 Å². The first kappa shape index (κ1) is 14.7. The fourth-order valence-corrected chi connectivity index (χ4v) is 2.99. The van der Waals surface area contributed by atoms with Crippen LogP contribution in [-0.4, -0.2) is 30.8 Å². The van der Waals surface area contributed by atoms with E-state index in [1.807, 2.05) is 0 Å². The third-order valence-corrected chi connectivity index (χ3v) is 3.71. The lowest BCUT2D eigenvalue weighted by Gasteiger charge is -2.11. The second-order valence-corrected chi connectivity index (χ2v) is 5.36. The minimum Gasteiger partial charge on any atom is -0.461 e. The molecule has 7 heteroatoms. The summed E-state index contributed by atoms with van der Waals surface area (Å²) in [6.45, 7) is 2.94. The Morgan fingerprint density at radius 2 is 2.10 bits per heavy atom. The van der Waals surface area contributed by atoms with Gasteiger partial charge in [0.1, 0.15) is 5.69 Å². The third kappa shape index (κ3) is 2.62. The topological polar surface area (TPSA) is 60.6 Å². The molecule has 2 aromatic rings. The van der Waals surface area contributed by atoms with Gasteiger partial charge in [0.15, 0.2) is 6.29 Å². The molecule has 112 valence electrons. The number of hydrogen-bond acceptors (Lipinski definition) is 4. The van der Waals surface area contributed by atoms with Crippen LogP contribution < -0.4 is 0 Å². The number of H-pyrrole nitrogens is 1. The summed E-state index contributed by atoms with van der Waals surface area (Å²) in [5, 5.41) is 1.57. The second kappa shape index (κ2) is 5.85. The molecule has 1 N–H and O–H groups in total. The van der Waals surface area contributed by atoms with Crippen molar-refractivity contribution >= 4 is 40.1 Å². The molecule has 3 rings (SSSR count). The van der Waals surface area contributed by atoms with Crippen molar-refractivity contribution in [2.24, 2.45) is 0 Å². The highest BCUT2D eigenvalue weighted by atomic mass is 35.5. The highest BCUT2D eigenvalue weighted by molar-refractivity contribution is 6.39. The molecule has 1 aromatic carbocycles. The minimum atomic E-state index is -0.642. The smallest absolute Gasteiger partial charge is 0.355 e. The number of carbonyl (C=O) groups is 1. The molecule has 0 aliphatic carbocycles. The summed E-state index contributed by atoms with van der Waals surface area (Å²) in [5.74, 6) is -0.477. The molecular formula is C14H13Cl2NO4. The van der Waals surface area contributed by atoms with Crippen LogP contribution in [0.15, 0.2) is 12.1 Å². The number of rotatable bonds is 3. The Balaban J connectivity index is 2.22. The van der Waals surface area contributed by atoms with Crippen LogP contribution in [0.1, 0.15) is 29.3 Å². The van der Waals surface area contributed by atoms with Gasteiger partial charge in [0.25, 0.3) is 0 Å². The standard InChI is InChI=1S/C14H13Cl2NO4/c1-2-19-13(18)12-11(14-20-3-4-21-14)10-8(16)5-7(15)6-9(10)17-12/h5-6,14,17H,2-4H2,1H3. The maximum Gasteiger partial charge on any atom is 0.355 e. The predicted octanol–water partition coefficient (Wildman–Crippen LogP) is 3.70. The molecule has 1 aliphatic rings. The van der Waals surface area contributed by atoms with Crippen LogP contribution in [0, 0.1) is 0 Å². The number of aromatic amines is 1. The van der Waals surface area contributed by atoms with Crippen LogP contribution in [0.5, 0.6) is 0 Å². The van der Waals surface area contributed by atoms with E-state index in [2.05, 4.69) is 4.98 Å². The van der Waals surface area contributed by atoms with Gasteiger partial charge in [-0.05, 0) is 19.1 Å². The number of fused-ring (bicyclic) bond motifs is 1. The Kier molecular flexibility index (Phi) is 4.08. The van der Waals surface area contributed by atoms with Gasteiger partial charge in [-0.1, -0.05) is 23.2 Å². The Morgan fingerprint density at radius 1 is 1.38 bits per heavy atom. The van der Waals surface area contributed by atoms with Gasteiger partial charge in [-0.2, -0.15) is 0 Å². The molecule has 0 radical (unpaired) electrons. The van der Waals surface area contributed by atoms with Gasteiger partial charge in [-0.25, -0.2) is 4.79 Å². The molecule has 21 heavy (non-hydrogen) atoms. The average Bonchev–Trinajstić information content (AvgIpc) is 3.04. The lowest BCUT2D eigenvalue weighted by Crippen LogP contribution is -2.10. The van der Waals surface area contributed by atoms with E-state index in [1.165, 1.54) is 0 Å². The molecule has 0 saturated carbocycles. The van der Waals surface area contributed by atoms with Crippen molar-refractivity contribution in [1.29, 1.82) is 0 Å². The quantitative estimate of drug-likeness (QED) is 0.872. The molecule has 1 aromatic heterocycles. The lowest BCUT2D eigenvalue weighted by molar-refractivity contribution is -0.0438. The van der Waals surface area contributed by atoms with E-state index in [1.54, 1.807) is 19.1 Å². The maximum atomic E-state index is 12.1. The van der Waals surface area contributed by atoms with Crippen LogP contribution in [0.3, 0.4) is 0 Å². The molecule has 1 fully saturated rings. The van der Waals surface area contributed by atoms with Gasteiger partial charge in [0.2, 0.25) is 0 Å². The van der Waals surface area contributed by atoms with Crippen molar-refractivity contribution in [2.75, 3.05) is 19.8 Å². The van der Waals surface area contributed by atoms with Crippen molar-refractivity contribution in [3.63, 3.8) is 0 Å². The van der Waals surface area contributed by atoms with E-state index >= 15 is 0 Å². The first-order chi connectivity index (χ1) is 10.1. The molecule has 0 atom stereocenters. The number of carbonyl (C=O) groups excluding carboxylic acids is 1. The molecule has 0 spiro atoms. The Bertz CT molecular complexity index is 692. The lowest BCUT2D eigenvalue weighted by atomic mass is 10.1. The summed E-state index contributed by atoms with van der Waals surface area (Å²) >= 11 is 12.3.